The maximum atomic E-state index is 12.6. The molecule has 1 fully saturated rings. The van der Waals surface area contributed by atoms with Crippen LogP contribution in [0.15, 0.2) is 0 Å². The van der Waals surface area contributed by atoms with Crippen molar-refractivity contribution in [3.8, 4) is 0 Å². The van der Waals surface area contributed by atoms with E-state index < -0.39 is 0 Å². The van der Waals surface area contributed by atoms with Crippen LogP contribution in [0.2, 0.25) is 0 Å². The Morgan fingerprint density at radius 1 is 1.37 bits per heavy atom. The zero-order chi connectivity index (χ0) is 14.4. The molecule has 1 amide bonds. The summed E-state index contributed by atoms with van der Waals surface area (Å²) in [6.07, 6.45) is 6.00. The van der Waals surface area contributed by atoms with Crippen LogP contribution in [0.1, 0.15) is 52.9 Å². The third-order valence-electron chi connectivity index (χ3n) is 4.10. The van der Waals surface area contributed by atoms with E-state index in [-0.39, 0.29) is 17.7 Å². The molecule has 1 aliphatic rings. The van der Waals surface area contributed by atoms with Crippen LogP contribution in [-0.2, 0) is 4.79 Å². The van der Waals surface area contributed by atoms with Crippen molar-refractivity contribution in [1.82, 2.24) is 4.90 Å². The Kier molecular flexibility index (Phi) is 6.76. The zero-order valence-electron chi connectivity index (χ0n) is 12.5. The second kappa shape index (κ2) is 7.83. The summed E-state index contributed by atoms with van der Waals surface area (Å²) in [7, 11) is 0. The van der Waals surface area contributed by atoms with E-state index in [4.69, 9.17) is 18.0 Å². The maximum absolute atomic E-state index is 12.6. The van der Waals surface area contributed by atoms with E-state index >= 15 is 0 Å². The van der Waals surface area contributed by atoms with E-state index in [0.29, 0.717) is 4.99 Å². The Balaban J connectivity index is 2.64. The van der Waals surface area contributed by atoms with Gasteiger partial charge < -0.3 is 10.6 Å². The fraction of sp³-hybridized carbons (Fsp3) is 0.867. The number of nitrogens with two attached hydrogens (primary N) is 1. The van der Waals surface area contributed by atoms with Gasteiger partial charge in [0.15, 0.2) is 0 Å². The van der Waals surface area contributed by atoms with Crippen LogP contribution >= 0.6 is 12.2 Å². The number of hydrogen-bond acceptors (Lipinski definition) is 2. The van der Waals surface area contributed by atoms with Gasteiger partial charge in [-0.1, -0.05) is 45.8 Å². The van der Waals surface area contributed by atoms with E-state index in [1.165, 1.54) is 19.3 Å². The summed E-state index contributed by atoms with van der Waals surface area (Å²) < 4.78 is 0. The molecule has 4 heteroatoms. The van der Waals surface area contributed by atoms with E-state index in [2.05, 4.69) is 6.92 Å². The van der Waals surface area contributed by atoms with Crippen molar-refractivity contribution in [2.75, 3.05) is 13.1 Å². The smallest absolute Gasteiger partial charge is 0.232 e. The maximum Gasteiger partial charge on any atom is 0.232 e. The fourth-order valence-electron chi connectivity index (χ4n) is 3.01. The highest BCUT2D eigenvalue weighted by molar-refractivity contribution is 7.80. The van der Waals surface area contributed by atoms with Crippen LogP contribution in [-0.4, -0.2) is 28.9 Å². The Bertz CT molecular complexity index is 317. The number of likely N-dealkylation sites (tertiary alicyclic amines) is 1. The average molecular weight is 284 g/mol. The number of nitrogens with zero attached hydrogens (tertiary/aromatic N) is 1. The normalized spacial score (nSPS) is 22.1. The standard InChI is InChI=1S/C15H28N2OS/c1-4-6-12-7-5-9-17(10-8-12)15(18)13(11(2)3)14(16)19/h11-13H,4-10H2,1-3H3,(H2,16,19). The fourth-order valence-corrected chi connectivity index (χ4v) is 3.39. The Labute approximate surface area is 122 Å². The summed E-state index contributed by atoms with van der Waals surface area (Å²) in [6, 6.07) is 0. The van der Waals surface area contributed by atoms with E-state index in [9.17, 15) is 4.79 Å². The lowest BCUT2D eigenvalue weighted by atomic mass is 9.94. The van der Waals surface area contributed by atoms with Gasteiger partial charge in [-0.2, -0.15) is 0 Å². The van der Waals surface area contributed by atoms with Crippen molar-refractivity contribution in [1.29, 1.82) is 0 Å². The van der Waals surface area contributed by atoms with Gasteiger partial charge in [0, 0.05) is 13.1 Å². The zero-order valence-corrected chi connectivity index (χ0v) is 13.3. The highest BCUT2D eigenvalue weighted by Crippen LogP contribution is 2.24. The second-order valence-electron chi connectivity index (χ2n) is 6.03. The van der Waals surface area contributed by atoms with Gasteiger partial charge in [-0.05, 0) is 31.1 Å². The van der Waals surface area contributed by atoms with Gasteiger partial charge in [0.2, 0.25) is 5.91 Å². The molecule has 0 spiro atoms. The van der Waals surface area contributed by atoms with Crippen LogP contribution in [0, 0.1) is 17.8 Å². The lowest BCUT2D eigenvalue weighted by molar-refractivity contribution is -0.134. The first-order valence-electron chi connectivity index (χ1n) is 7.55. The quantitative estimate of drug-likeness (QED) is 0.790. The highest BCUT2D eigenvalue weighted by Gasteiger charge is 2.30. The predicted octanol–water partition coefficient (Wildman–Crippen LogP) is 2.97. The topological polar surface area (TPSA) is 46.3 Å². The third kappa shape index (κ3) is 4.75. The van der Waals surface area contributed by atoms with Gasteiger partial charge in [-0.25, -0.2) is 0 Å². The molecule has 1 rings (SSSR count). The molecular formula is C15H28N2OS. The minimum absolute atomic E-state index is 0.139. The third-order valence-corrected chi connectivity index (χ3v) is 4.35. The van der Waals surface area contributed by atoms with Crippen molar-refractivity contribution in [3.63, 3.8) is 0 Å². The Morgan fingerprint density at radius 3 is 2.58 bits per heavy atom. The van der Waals surface area contributed by atoms with Crippen LogP contribution in [0.5, 0.6) is 0 Å². The van der Waals surface area contributed by atoms with E-state index in [1.54, 1.807) is 0 Å². The molecule has 0 aromatic carbocycles. The molecule has 3 nitrogen and oxygen atoms in total. The van der Waals surface area contributed by atoms with Gasteiger partial charge in [-0.15, -0.1) is 0 Å². The van der Waals surface area contributed by atoms with Crippen molar-refractivity contribution < 1.29 is 4.79 Å². The van der Waals surface area contributed by atoms with Crippen molar-refractivity contribution in [2.24, 2.45) is 23.5 Å². The number of thiocarbonyl (C=S) groups is 1. The summed E-state index contributed by atoms with van der Waals surface area (Å²) in [5.41, 5.74) is 5.74. The number of rotatable bonds is 5. The molecule has 1 aliphatic heterocycles. The molecule has 0 radical (unpaired) electrons. The summed E-state index contributed by atoms with van der Waals surface area (Å²) in [5, 5.41) is 0. The predicted molar refractivity (Wildman–Crippen MR) is 83.9 cm³/mol. The first-order chi connectivity index (χ1) is 8.97. The molecule has 2 atom stereocenters. The van der Waals surface area contributed by atoms with Gasteiger partial charge in [-0.3, -0.25) is 4.79 Å². The van der Waals surface area contributed by atoms with Gasteiger partial charge >= 0.3 is 0 Å². The summed E-state index contributed by atoms with van der Waals surface area (Å²) in [5.74, 6) is 0.808. The van der Waals surface area contributed by atoms with Gasteiger partial charge in [0.1, 0.15) is 0 Å². The first kappa shape index (κ1) is 16.4. The molecule has 2 unspecified atom stereocenters. The minimum Gasteiger partial charge on any atom is -0.393 e. The number of hydrogen-bond donors (Lipinski definition) is 1. The lowest BCUT2D eigenvalue weighted by Gasteiger charge is -2.27. The molecule has 110 valence electrons. The number of amides is 1. The van der Waals surface area contributed by atoms with E-state index in [0.717, 1.165) is 31.8 Å². The van der Waals surface area contributed by atoms with Gasteiger partial charge in [0.05, 0.1) is 10.9 Å². The average Bonchev–Trinajstić information content (AvgIpc) is 2.54. The minimum atomic E-state index is -0.294. The monoisotopic (exact) mass is 284 g/mol. The molecule has 1 saturated heterocycles. The summed E-state index contributed by atoms with van der Waals surface area (Å²) in [6.45, 7) is 7.99. The molecule has 0 bridgehead atoms. The van der Waals surface area contributed by atoms with Crippen LogP contribution in [0.4, 0.5) is 0 Å². The molecule has 2 N–H and O–H groups in total. The molecule has 19 heavy (non-hydrogen) atoms. The van der Waals surface area contributed by atoms with Crippen LogP contribution in [0.25, 0.3) is 0 Å². The molecule has 0 aliphatic carbocycles. The number of carbonyl (C=O) groups is 1. The second-order valence-corrected chi connectivity index (χ2v) is 6.51. The number of carbonyl (C=O) groups excluding carboxylic acids is 1. The largest absolute Gasteiger partial charge is 0.393 e. The summed E-state index contributed by atoms with van der Waals surface area (Å²) in [4.78, 5) is 14.9. The first-order valence-corrected chi connectivity index (χ1v) is 7.96. The lowest BCUT2D eigenvalue weighted by Crippen LogP contribution is -2.44. The van der Waals surface area contributed by atoms with Crippen LogP contribution < -0.4 is 5.73 Å². The van der Waals surface area contributed by atoms with Crippen molar-refractivity contribution in [2.45, 2.75) is 52.9 Å². The van der Waals surface area contributed by atoms with Crippen LogP contribution in [0.3, 0.4) is 0 Å². The highest BCUT2D eigenvalue weighted by atomic mass is 32.1. The Hall–Kier alpha value is -0.640. The van der Waals surface area contributed by atoms with Gasteiger partial charge in [0.25, 0.3) is 0 Å². The van der Waals surface area contributed by atoms with E-state index in [1.807, 2.05) is 18.7 Å². The van der Waals surface area contributed by atoms with Crippen molar-refractivity contribution >= 4 is 23.1 Å². The summed E-state index contributed by atoms with van der Waals surface area (Å²) >= 11 is 5.07. The molecule has 0 aromatic rings. The SMILES string of the molecule is CCCC1CCCN(C(=O)C(C(N)=S)C(C)C)CC1. The Morgan fingerprint density at radius 2 is 2.05 bits per heavy atom. The van der Waals surface area contributed by atoms with Crippen molar-refractivity contribution in [3.05, 3.63) is 0 Å². The molecule has 1 heterocycles. The molecule has 0 saturated carbocycles. The molecule has 0 aromatic heterocycles. The molecular weight excluding hydrogens is 256 g/mol.